The van der Waals surface area contributed by atoms with Crippen molar-refractivity contribution in [3.63, 3.8) is 0 Å². The molecule has 6 nitrogen and oxygen atoms in total. The van der Waals surface area contributed by atoms with Gasteiger partial charge in [0.15, 0.2) is 9.84 Å². The number of hydrogen-bond acceptors (Lipinski definition) is 6. The summed E-state index contributed by atoms with van der Waals surface area (Å²) in [6, 6.07) is 12.2. The highest BCUT2D eigenvalue weighted by molar-refractivity contribution is 7.92. The van der Waals surface area contributed by atoms with Gasteiger partial charge in [-0.3, -0.25) is 15.2 Å². The third-order valence-corrected chi connectivity index (χ3v) is 5.71. The minimum atomic E-state index is -3.54. The van der Waals surface area contributed by atoms with Gasteiger partial charge in [-0.25, -0.2) is 8.42 Å². The highest BCUT2D eigenvalue weighted by Gasteiger charge is 2.23. The maximum Gasteiger partial charge on any atom is 0.282 e. The second kappa shape index (κ2) is 6.17. The summed E-state index contributed by atoms with van der Waals surface area (Å²) in [5, 5.41) is 10.2. The molecule has 0 atom stereocenters. The molecular weight excluding hydrogens is 322 g/mol. The zero-order valence-electron chi connectivity index (χ0n) is 11.9. The van der Waals surface area contributed by atoms with Crippen molar-refractivity contribution >= 4 is 32.8 Å². The number of nitriles is 1. The van der Waals surface area contributed by atoms with Crippen molar-refractivity contribution in [1.29, 1.82) is 5.26 Å². The Morgan fingerprint density at radius 2 is 1.95 bits per heavy atom. The first kappa shape index (κ1) is 16.0. The van der Waals surface area contributed by atoms with Crippen molar-refractivity contribution in [2.75, 3.05) is 18.7 Å². The van der Waals surface area contributed by atoms with Crippen LogP contribution in [0.4, 0.5) is 5.69 Å². The van der Waals surface area contributed by atoms with E-state index in [4.69, 9.17) is 5.26 Å². The molecule has 0 fully saturated rings. The van der Waals surface area contributed by atoms with Crippen LogP contribution in [0.1, 0.15) is 15.2 Å². The second-order valence-corrected chi connectivity index (χ2v) is 7.80. The molecule has 0 aliphatic carbocycles. The predicted octanol–water partition coefficient (Wildman–Crippen LogP) is 2.12. The van der Waals surface area contributed by atoms with E-state index in [2.05, 4.69) is 5.43 Å². The van der Waals surface area contributed by atoms with E-state index >= 15 is 0 Å². The molecule has 8 heteroatoms. The maximum absolute atomic E-state index is 12.3. The summed E-state index contributed by atoms with van der Waals surface area (Å²) in [7, 11) is -2.01. The topological polar surface area (TPSA) is 90.3 Å². The number of amides is 1. The lowest BCUT2D eigenvalue weighted by Gasteiger charge is -2.18. The first-order valence-electron chi connectivity index (χ1n) is 6.16. The molecule has 114 valence electrons. The lowest BCUT2D eigenvalue weighted by molar-refractivity contribution is 0.0830. The Hall–Kier alpha value is -2.37. The highest BCUT2D eigenvalue weighted by atomic mass is 32.2. The lowest BCUT2D eigenvalue weighted by Crippen LogP contribution is -2.31. The fourth-order valence-corrected chi connectivity index (χ4v) is 3.95. The van der Waals surface area contributed by atoms with Gasteiger partial charge in [-0.05, 0) is 18.2 Å². The van der Waals surface area contributed by atoms with Crippen LogP contribution in [0.3, 0.4) is 0 Å². The molecule has 0 bridgehead atoms. The van der Waals surface area contributed by atoms with Crippen LogP contribution in [0.15, 0.2) is 40.6 Å². The molecule has 0 saturated carbocycles. The number of thiophene rings is 1. The summed E-state index contributed by atoms with van der Waals surface area (Å²) >= 11 is 0.796. The number of rotatable bonds is 4. The quantitative estimate of drug-likeness (QED) is 0.864. The fourth-order valence-electron chi connectivity index (χ4n) is 1.76. The SMILES string of the molecule is CN(Nc1ccccc1)C(=O)c1cc(C#N)c(S(C)(=O)=O)s1. The van der Waals surface area contributed by atoms with Gasteiger partial charge in [0.1, 0.15) is 10.3 Å². The molecule has 0 aliphatic heterocycles. The molecule has 1 aromatic heterocycles. The monoisotopic (exact) mass is 335 g/mol. The van der Waals surface area contributed by atoms with E-state index in [1.165, 1.54) is 18.1 Å². The average molecular weight is 335 g/mol. The van der Waals surface area contributed by atoms with Crippen molar-refractivity contribution in [3.05, 3.63) is 46.8 Å². The second-order valence-electron chi connectivity index (χ2n) is 4.54. The number of carbonyl (C=O) groups excluding carboxylic acids is 1. The number of benzene rings is 1. The summed E-state index contributed by atoms with van der Waals surface area (Å²) in [6.45, 7) is 0. The Balaban J connectivity index is 2.27. The molecular formula is C14H13N3O3S2. The summed E-state index contributed by atoms with van der Waals surface area (Å²) < 4.78 is 23.2. The van der Waals surface area contributed by atoms with E-state index in [0.29, 0.717) is 0 Å². The van der Waals surface area contributed by atoms with Gasteiger partial charge in [0.05, 0.1) is 16.1 Å². The van der Waals surface area contributed by atoms with Gasteiger partial charge in [0.2, 0.25) is 0 Å². The minimum absolute atomic E-state index is 0.0102. The van der Waals surface area contributed by atoms with Crippen LogP contribution >= 0.6 is 11.3 Å². The molecule has 0 aliphatic rings. The number of carbonyl (C=O) groups is 1. The van der Waals surface area contributed by atoms with E-state index in [1.54, 1.807) is 18.2 Å². The van der Waals surface area contributed by atoms with E-state index in [0.717, 1.165) is 23.3 Å². The zero-order chi connectivity index (χ0) is 16.3. The highest BCUT2D eigenvalue weighted by Crippen LogP contribution is 2.27. The van der Waals surface area contributed by atoms with Crippen molar-refractivity contribution in [2.24, 2.45) is 0 Å². The Morgan fingerprint density at radius 1 is 1.32 bits per heavy atom. The molecule has 1 heterocycles. The maximum atomic E-state index is 12.3. The summed E-state index contributed by atoms with van der Waals surface area (Å²) in [6.07, 6.45) is 1.01. The number of nitrogens with zero attached hydrogens (tertiary/aromatic N) is 2. The third kappa shape index (κ3) is 3.44. The Morgan fingerprint density at radius 3 is 2.45 bits per heavy atom. The Bertz CT molecular complexity index is 836. The van der Waals surface area contributed by atoms with Crippen molar-refractivity contribution in [2.45, 2.75) is 4.21 Å². The standard InChI is InChI=1S/C14H13N3O3S2/c1-17(16-11-6-4-3-5-7-11)13(18)12-8-10(9-15)14(21-12)22(2,19)20/h3-8,16H,1-2H3. The van der Waals surface area contributed by atoms with Crippen molar-refractivity contribution in [1.82, 2.24) is 5.01 Å². The molecule has 22 heavy (non-hydrogen) atoms. The van der Waals surface area contributed by atoms with Crippen LogP contribution < -0.4 is 5.43 Å². The van der Waals surface area contributed by atoms with Crippen LogP contribution in [0.25, 0.3) is 0 Å². The molecule has 1 N–H and O–H groups in total. The van der Waals surface area contributed by atoms with Gasteiger partial charge >= 0.3 is 0 Å². The van der Waals surface area contributed by atoms with Gasteiger partial charge in [0.25, 0.3) is 5.91 Å². The molecule has 0 radical (unpaired) electrons. The molecule has 0 unspecified atom stereocenters. The molecule has 2 aromatic rings. The number of anilines is 1. The summed E-state index contributed by atoms with van der Waals surface area (Å²) in [4.78, 5) is 12.5. The molecule has 0 spiro atoms. The summed E-state index contributed by atoms with van der Waals surface area (Å²) in [5.41, 5.74) is 3.59. The van der Waals surface area contributed by atoms with Gasteiger partial charge in [-0.1, -0.05) is 18.2 Å². The first-order chi connectivity index (χ1) is 10.3. The number of para-hydroxylation sites is 1. The Labute approximate surface area is 132 Å². The van der Waals surface area contributed by atoms with Gasteiger partial charge < -0.3 is 0 Å². The molecule has 0 saturated heterocycles. The number of sulfone groups is 1. The van der Waals surface area contributed by atoms with Crippen LogP contribution in [-0.4, -0.2) is 32.6 Å². The minimum Gasteiger partial charge on any atom is -0.296 e. The average Bonchev–Trinajstić information content (AvgIpc) is 2.91. The fraction of sp³-hybridized carbons (Fsp3) is 0.143. The van der Waals surface area contributed by atoms with Crippen LogP contribution in [0.2, 0.25) is 0 Å². The predicted molar refractivity (Wildman–Crippen MR) is 84.3 cm³/mol. The molecule has 1 amide bonds. The number of hydrazine groups is 1. The molecule has 1 aromatic carbocycles. The van der Waals surface area contributed by atoms with Crippen molar-refractivity contribution < 1.29 is 13.2 Å². The summed E-state index contributed by atoms with van der Waals surface area (Å²) in [5.74, 6) is -0.416. The smallest absolute Gasteiger partial charge is 0.282 e. The number of nitrogens with one attached hydrogen (secondary N) is 1. The van der Waals surface area contributed by atoms with Crippen LogP contribution in [0, 0.1) is 11.3 Å². The zero-order valence-corrected chi connectivity index (χ0v) is 13.5. The Kier molecular flexibility index (Phi) is 4.49. The number of hydrogen-bond donors (Lipinski definition) is 1. The van der Waals surface area contributed by atoms with Crippen LogP contribution in [0.5, 0.6) is 0 Å². The molecule has 2 rings (SSSR count). The van der Waals surface area contributed by atoms with E-state index in [9.17, 15) is 13.2 Å². The van der Waals surface area contributed by atoms with Gasteiger partial charge in [-0.15, -0.1) is 11.3 Å². The van der Waals surface area contributed by atoms with Gasteiger partial charge in [0, 0.05) is 13.3 Å². The normalized spacial score (nSPS) is 10.8. The van der Waals surface area contributed by atoms with Gasteiger partial charge in [-0.2, -0.15) is 5.26 Å². The first-order valence-corrected chi connectivity index (χ1v) is 8.87. The van der Waals surface area contributed by atoms with E-state index in [-0.39, 0.29) is 14.6 Å². The third-order valence-electron chi connectivity index (χ3n) is 2.74. The largest absolute Gasteiger partial charge is 0.296 e. The van der Waals surface area contributed by atoms with E-state index in [1.807, 2.05) is 18.2 Å². The van der Waals surface area contributed by atoms with E-state index < -0.39 is 15.7 Å². The van der Waals surface area contributed by atoms with Crippen molar-refractivity contribution in [3.8, 4) is 6.07 Å². The van der Waals surface area contributed by atoms with Crippen LogP contribution in [-0.2, 0) is 9.84 Å². The lowest BCUT2D eigenvalue weighted by atomic mass is 10.3.